The maximum Gasteiger partial charge on any atom is 0.267 e. The van der Waals surface area contributed by atoms with Gasteiger partial charge in [-0.05, 0) is 53.2 Å². The first-order valence-electron chi connectivity index (χ1n) is 11.3. The number of ether oxygens (including phenoxy) is 1. The van der Waals surface area contributed by atoms with Crippen molar-refractivity contribution in [3.8, 4) is 11.5 Å². The van der Waals surface area contributed by atoms with Crippen LogP contribution in [0.5, 0.6) is 11.5 Å². The Hall–Kier alpha value is -4.57. The van der Waals surface area contributed by atoms with Crippen molar-refractivity contribution in [1.29, 1.82) is 0 Å². The van der Waals surface area contributed by atoms with Gasteiger partial charge in [0, 0.05) is 30.3 Å². The van der Waals surface area contributed by atoms with Gasteiger partial charge in [-0.15, -0.1) is 0 Å². The van der Waals surface area contributed by atoms with Gasteiger partial charge in [-0.2, -0.15) is 0 Å². The van der Waals surface area contributed by atoms with Crippen molar-refractivity contribution in [1.82, 2.24) is 9.29 Å². The number of sulfonamides is 1. The zero-order valence-corrected chi connectivity index (χ0v) is 20.6. The van der Waals surface area contributed by atoms with Crippen molar-refractivity contribution in [2.24, 2.45) is 7.05 Å². The van der Waals surface area contributed by atoms with Crippen LogP contribution in [0, 0.1) is 17.5 Å². The molecular formula is C28H19F3N2O4S. The first kappa shape index (κ1) is 25.1. The summed E-state index contributed by atoms with van der Waals surface area (Å²) in [4.78, 5) is 11.2. The average Bonchev–Trinajstić information content (AvgIpc) is 3.22. The van der Waals surface area contributed by atoms with Crippen molar-refractivity contribution in [2.75, 3.05) is 0 Å². The molecular weight excluding hydrogens is 517 g/mol. The molecule has 5 aromatic rings. The molecule has 0 aliphatic heterocycles. The Labute approximate surface area is 215 Å². The Morgan fingerprint density at radius 1 is 0.921 bits per heavy atom. The number of halogens is 3. The third-order valence-corrected chi connectivity index (χ3v) is 7.26. The SMILES string of the molecule is Cn1cc(/C=C/C(=O)NS(=O)(=O)c2ccc(F)c(F)c2F)c2c(Oc3ccc4ccccc4c3)cccc21. The molecule has 10 heteroatoms. The molecule has 0 aliphatic rings. The van der Waals surface area contributed by atoms with Crippen LogP contribution >= 0.6 is 0 Å². The maximum absolute atomic E-state index is 14.0. The zero-order valence-electron chi connectivity index (χ0n) is 19.8. The Kier molecular flexibility index (Phi) is 6.41. The number of aromatic nitrogens is 1. The van der Waals surface area contributed by atoms with E-state index < -0.39 is 38.3 Å². The number of amides is 1. The summed E-state index contributed by atoms with van der Waals surface area (Å²) in [5, 5.41) is 2.73. The second-order valence-corrected chi connectivity index (χ2v) is 10.1. The fourth-order valence-corrected chi connectivity index (χ4v) is 5.13. The topological polar surface area (TPSA) is 77.4 Å². The number of aryl methyl sites for hydroxylation is 1. The lowest BCUT2D eigenvalue weighted by Crippen LogP contribution is -2.30. The van der Waals surface area contributed by atoms with E-state index in [2.05, 4.69) is 0 Å². The van der Waals surface area contributed by atoms with Gasteiger partial charge in [-0.1, -0.05) is 36.4 Å². The molecule has 0 saturated heterocycles. The van der Waals surface area contributed by atoms with Crippen molar-refractivity contribution in [3.05, 3.63) is 108 Å². The van der Waals surface area contributed by atoms with Crippen molar-refractivity contribution in [2.45, 2.75) is 4.90 Å². The highest BCUT2D eigenvalue weighted by Crippen LogP contribution is 2.35. The monoisotopic (exact) mass is 536 g/mol. The van der Waals surface area contributed by atoms with E-state index >= 15 is 0 Å². The number of rotatable bonds is 6. The fraction of sp³-hybridized carbons (Fsp3) is 0.0357. The molecule has 38 heavy (non-hydrogen) atoms. The van der Waals surface area contributed by atoms with Crippen LogP contribution in [-0.2, 0) is 21.9 Å². The Morgan fingerprint density at radius 3 is 2.47 bits per heavy atom. The molecule has 1 amide bonds. The summed E-state index contributed by atoms with van der Waals surface area (Å²) in [6, 6.07) is 20.0. The lowest BCUT2D eigenvalue weighted by atomic mass is 10.1. The third kappa shape index (κ3) is 4.73. The van der Waals surface area contributed by atoms with Crippen LogP contribution in [0.4, 0.5) is 13.2 Å². The van der Waals surface area contributed by atoms with Gasteiger partial charge < -0.3 is 9.30 Å². The summed E-state index contributed by atoms with van der Waals surface area (Å²) in [5.41, 5.74) is 1.34. The summed E-state index contributed by atoms with van der Waals surface area (Å²) < 4.78 is 75.0. The van der Waals surface area contributed by atoms with E-state index in [1.165, 1.54) is 6.08 Å². The lowest BCUT2D eigenvalue weighted by molar-refractivity contribution is -0.114. The van der Waals surface area contributed by atoms with Crippen molar-refractivity contribution >= 4 is 43.7 Å². The Balaban J connectivity index is 1.44. The number of hydrogen-bond acceptors (Lipinski definition) is 4. The largest absolute Gasteiger partial charge is 0.457 e. The van der Waals surface area contributed by atoms with Gasteiger partial charge in [0.15, 0.2) is 17.5 Å². The predicted molar refractivity (Wildman–Crippen MR) is 138 cm³/mol. The number of hydrogen-bond donors (Lipinski definition) is 1. The minimum atomic E-state index is -4.80. The molecule has 192 valence electrons. The van der Waals surface area contributed by atoms with E-state index in [4.69, 9.17) is 4.74 Å². The van der Waals surface area contributed by atoms with Gasteiger partial charge in [0.1, 0.15) is 16.4 Å². The van der Waals surface area contributed by atoms with E-state index in [0.717, 1.165) is 22.4 Å². The molecule has 0 atom stereocenters. The quantitative estimate of drug-likeness (QED) is 0.211. The number of benzene rings is 4. The highest BCUT2D eigenvalue weighted by Gasteiger charge is 2.25. The van der Waals surface area contributed by atoms with Crippen molar-refractivity contribution < 1.29 is 31.1 Å². The minimum Gasteiger partial charge on any atom is -0.457 e. The van der Waals surface area contributed by atoms with E-state index in [1.54, 1.807) is 24.0 Å². The predicted octanol–water partition coefficient (Wildman–Crippen LogP) is 6.06. The van der Waals surface area contributed by atoms with E-state index in [-0.39, 0.29) is 0 Å². The highest BCUT2D eigenvalue weighted by molar-refractivity contribution is 7.90. The Bertz CT molecular complexity index is 1860. The van der Waals surface area contributed by atoms with Crippen LogP contribution in [-0.4, -0.2) is 18.9 Å². The molecule has 1 heterocycles. The molecule has 0 fully saturated rings. The van der Waals surface area contributed by atoms with Crippen LogP contribution < -0.4 is 9.46 Å². The summed E-state index contributed by atoms with van der Waals surface area (Å²) in [6.45, 7) is 0. The zero-order chi connectivity index (χ0) is 27.0. The molecule has 0 bridgehead atoms. The first-order chi connectivity index (χ1) is 18.1. The van der Waals surface area contributed by atoms with E-state index in [9.17, 15) is 26.4 Å². The summed E-state index contributed by atoms with van der Waals surface area (Å²) >= 11 is 0. The highest BCUT2D eigenvalue weighted by atomic mass is 32.2. The molecule has 5 rings (SSSR count). The molecule has 0 saturated carbocycles. The molecule has 0 aliphatic carbocycles. The number of carbonyl (C=O) groups is 1. The number of nitrogens with one attached hydrogen (secondary N) is 1. The summed E-state index contributed by atoms with van der Waals surface area (Å²) in [6.07, 6.45) is 4.05. The van der Waals surface area contributed by atoms with Gasteiger partial charge >= 0.3 is 0 Å². The second-order valence-electron chi connectivity index (χ2n) is 8.43. The van der Waals surface area contributed by atoms with Crippen LogP contribution in [0.25, 0.3) is 27.8 Å². The number of nitrogens with zero attached hydrogens (tertiary/aromatic N) is 1. The molecule has 1 aromatic heterocycles. The molecule has 0 radical (unpaired) electrons. The molecule has 0 unspecified atom stereocenters. The fourth-order valence-electron chi connectivity index (χ4n) is 4.12. The molecule has 6 nitrogen and oxygen atoms in total. The maximum atomic E-state index is 14.0. The van der Waals surface area contributed by atoms with Gasteiger partial charge in [0.05, 0.1) is 5.52 Å². The standard InChI is InChI=1S/C28H19F3N2O4S/c1-33-16-19(10-14-25(34)32-38(35,36)24-13-12-21(29)27(30)28(24)31)26-22(33)7-4-8-23(26)37-20-11-9-17-5-2-3-6-18(17)15-20/h2-16H,1H3,(H,32,34)/b14-10+. The normalized spacial score (nSPS) is 11.9. The lowest BCUT2D eigenvalue weighted by Gasteiger charge is -2.09. The Morgan fingerprint density at radius 2 is 1.68 bits per heavy atom. The minimum absolute atomic E-state index is 0.459. The molecule has 0 spiro atoms. The smallest absolute Gasteiger partial charge is 0.267 e. The van der Waals surface area contributed by atoms with Crippen LogP contribution in [0.15, 0.2) is 90.0 Å². The van der Waals surface area contributed by atoms with Gasteiger partial charge in [0.25, 0.3) is 15.9 Å². The summed E-state index contributed by atoms with van der Waals surface area (Å²) in [7, 11) is -3.00. The van der Waals surface area contributed by atoms with Crippen LogP contribution in [0.3, 0.4) is 0 Å². The average molecular weight is 537 g/mol. The van der Waals surface area contributed by atoms with Gasteiger partial charge in [-0.25, -0.2) is 26.3 Å². The van der Waals surface area contributed by atoms with E-state index in [0.29, 0.717) is 34.6 Å². The first-order valence-corrected chi connectivity index (χ1v) is 12.8. The van der Waals surface area contributed by atoms with Gasteiger partial charge in [0.2, 0.25) is 0 Å². The molecule has 1 N–H and O–H groups in total. The molecule has 4 aromatic carbocycles. The summed E-state index contributed by atoms with van der Waals surface area (Å²) in [5.74, 6) is -5.42. The van der Waals surface area contributed by atoms with Crippen LogP contribution in [0.2, 0.25) is 0 Å². The number of fused-ring (bicyclic) bond motifs is 2. The third-order valence-electron chi connectivity index (χ3n) is 5.89. The van der Waals surface area contributed by atoms with E-state index in [1.807, 2.05) is 59.2 Å². The van der Waals surface area contributed by atoms with Gasteiger partial charge in [-0.3, -0.25) is 4.79 Å². The van der Waals surface area contributed by atoms with Crippen LogP contribution in [0.1, 0.15) is 5.56 Å². The van der Waals surface area contributed by atoms with Crippen molar-refractivity contribution in [3.63, 3.8) is 0 Å². The number of carbonyl (C=O) groups excluding carboxylic acids is 1. The second kappa shape index (κ2) is 9.71.